The molecule has 0 aliphatic rings. The Morgan fingerprint density at radius 3 is 2.63 bits per heavy atom. The Morgan fingerprint density at radius 1 is 1.32 bits per heavy atom. The Bertz CT molecular complexity index is 584. The Hall–Kier alpha value is -2.27. The molecule has 1 aromatic carbocycles. The minimum absolute atomic E-state index is 0.183. The van der Waals surface area contributed by atoms with E-state index in [-0.39, 0.29) is 6.42 Å². The van der Waals surface area contributed by atoms with Crippen molar-refractivity contribution in [2.45, 2.75) is 19.4 Å². The Balaban J connectivity index is 2.37. The number of hydrogen-bond acceptors (Lipinski definition) is 4. The molecule has 0 aliphatic heterocycles. The second kappa shape index (κ2) is 5.58. The van der Waals surface area contributed by atoms with Gasteiger partial charge < -0.3 is 10.8 Å². The van der Waals surface area contributed by atoms with Gasteiger partial charge >= 0.3 is 5.97 Å². The van der Waals surface area contributed by atoms with Crippen LogP contribution < -0.4 is 5.73 Å². The highest BCUT2D eigenvalue weighted by molar-refractivity contribution is 5.67. The second-order valence-corrected chi connectivity index (χ2v) is 4.32. The van der Waals surface area contributed by atoms with Crippen LogP contribution in [0.5, 0.6) is 0 Å². The molecule has 1 aromatic heterocycles. The molecular weight excluding hydrogens is 242 g/mol. The first-order valence-electron chi connectivity index (χ1n) is 5.94. The molecule has 0 amide bonds. The van der Waals surface area contributed by atoms with Crippen molar-refractivity contribution in [3.8, 4) is 11.3 Å². The maximum Gasteiger partial charge on any atom is 0.305 e. The van der Waals surface area contributed by atoms with E-state index in [1.54, 1.807) is 0 Å². The molecule has 1 unspecified atom stereocenters. The van der Waals surface area contributed by atoms with Gasteiger partial charge in [-0.2, -0.15) is 0 Å². The summed E-state index contributed by atoms with van der Waals surface area (Å²) in [6.45, 7) is 1.84. The number of benzene rings is 1. The molecule has 0 bridgehead atoms. The first-order chi connectivity index (χ1) is 9.06. The van der Waals surface area contributed by atoms with E-state index in [4.69, 9.17) is 10.8 Å². The zero-order valence-corrected chi connectivity index (χ0v) is 10.6. The zero-order valence-electron chi connectivity index (χ0n) is 10.6. The van der Waals surface area contributed by atoms with Crippen molar-refractivity contribution in [1.82, 2.24) is 9.97 Å². The summed E-state index contributed by atoms with van der Waals surface area (Å²) in [5, 5.41) is 8.77. The van der Waals surface area contributed by atoms with Crippen LogP contribution >= 0.6 is 0 Å². The SMILES string of the molecule is Cc1cc(-c2ccccc2)nc(C(N)CC(=O)O)n1. The summed E-state index contributed by atoms with van der Waals surface area (Å²) in [5.41, 5.74) is 8.28. The van der Waals surface area contributed by atoms with Crippen molar-refractivity contribution < 1.29 is 9.90 Å². The van der Waals surface area contributed by atoms with Crippen molar-refractivity contribution in [2.24, 2.45) is 5.73 Å². The maximum absolute atomic E-state index is 10.7. The fourth-order valence-corrected chi connectivity index (χ4v) is 1.79. The number of rotatable bonds is 4. The molecule has 2 aromatic rings. The van der Waals surface area contributed by atoms with E-state index in [9.17, 15) is 4.79 Å². The number of carboxylic acids is 1. The number of aryl methyl sites for hydroxylation is 1. The van der Waals surface area contributed by atoms with Gasteiger partial charge in [-0.25, -0.2) is 9.97 Å². The van der Waals surface area contributed by atoms with E-state index in [1.165, 1.54) is 0 Å². The molecule has 1 atom stereocenters. The third kappa shape index (κ3) is 3.35. The standard InChI is InChI=1S/C14H15N3O2/c1-9-7-12(10-5-3-2-4-6-10)17-14(16-9)11(15)8-13(18)19/h2-7,11H,8,15H2,1H3,(H,18,19). The molecular formula is C14H15N3O2. The van der Waals surface area contributed by atoms with Crippen LogP contribution in [0.1, 0.15) is 24.0 Å². The Labute approximate surface area is 111 Å². The van der Waals surface area contributed by atoms with Gasteiger partial charge in [0.05, 0.1) is 18.2 Å². The van der Waals surface area contributed by atoms with Gasteiger partial charge in [-0.1, -0.05) is 30.3 Å². The van der Waals surface area contributed by atoms with Crippen molar-refractivity contribution in [1.29, 1.82) is 0 Å². The predicted octanol–water partition coefficient (Wildman–Crippen LogP) is 1.93. The zero-order chi connectivity index (χ0) is 13.8. The highest BCUT2D eigenvalue weighted by atomic mass is 16.4. The van der Waals surface area contributed by atoms with Crippen molar-refractivity contribution >= 4 is 5.97 Å². The number of nitrogens with two attached hydrogens (primary N) is 1. The van der Waals surface area contributed by atoms with Crippen LogP contribution in [0.3, 0.4) is 0 Å². The van der Waals surface area contributed by atoms with Crippen molar-refractivity contribution in [3.05, 3.63) is 47.9 Å². The predicted molar refractivity (Wildman–Crippen MR) is 71.4 cm³/mol. The molecule has 1 heterocycles. The van der Waals surface area contributed by atoms with E-state index in [2.05, 4.69) is 9.97 Å². The first-order valence-corrected chi connectivity index (χ1v) is 5.94. The number of carboxylic acid groups (broad SMARTS) is 1. The topological polar surface area (TPSA) is 89.1 Å². The van der Waals surface area contributed by atoms with E-state index in [0.717, 1.165) is 17.0 Å². The largest absolute Gasteiger partial charge is 0.481 e. The molecule has 3 N–H and O–H groups in total. The lowest BCUT2D eigenvalue weighted by Crippen LogP contribution is -2.18. The fourth-order valence-electron chi connectivity index (χ4n) is 1.79. The normalized spacial score (nSPS) is 12.1. The van der Waals surface area contributed by atoms with Gasteiger partial charge in [0.1, 0.15) is 5.82 Å². The van der Waals surface area contributed by atoms with Crippen LogP contribution in [-0.4, -0.2) is 21.0 Å². The van der Waals surface area contributed by atoms with Gasteiger partial charge in [0.2, 0.25) is 0 Å². The number of carbonyl (C=O) groups is 1. The molecule has 5 nitrogen and oxygen atoms in total. The highest BCUT2D eigenvalue weighted by Gasteiger charge is 2.15. The summed E-state index contributed by atoms with van der Waals surface area (Å²) in [7, 11) is 0. The number of aromatic nitrogens is 2. The van der Waals surface area contributed by atoms with E-state index in [1.807, 2.05) is 43.3 Å². The minimum Gasteiger partial charge on any atom is -0.481 e. The average Bonchev–Trinajstić information content (AvgIpc) is 2.38. The van der Waals surface area contributed by atoms with Gasteiger partial charge in [-0.15, -0.1) is 0 Å². The molecule has 0 saturated carbocycles. The minimum atomic E-state index is -0.959. The number of nitrogens with zero attached hydrogens (tertiary/aromatic N) is 2. The molecule has 0 radical (unpaired) electrons. The van der Waals surface area contributed by atoms with Crippen LogP contribution in [0.4, 0.5) is 0 Å². The third-order valence-corrected chi connectivity index (χ3v) is 2.67. The molecule has 98 valence electrons. The van der Waals surface area contributed by atoms with Crippen LogP contribution in [0, 0.1) is 6.92 Å². The Kier molecular flexibility index (Phi) is 3.87. The van der Waals surface area contributed by atoms with Gasteiger partial charge in [0.25, 0.3) is 0 Å². The molecule has 19 heavy (non-hydrogen) atoms. The lowest BCUT2D eigenvalue weighted by atomic mass is 10.1. The van der Waals surface area contributed by atoms with Crippen LogP contribution in [-0.2, 0) is 4.79 Å². The van der Waals surface area contributed by atoms with E-state index >= 15 is 0 Å². The molecule has 2 rings (SSSR count). The number of hydrogen-bond donors (Lipinski definition) is 2. The number of aliphatic carboxylic acids is 1. The maximum atomic E-state index is 10.7. The summed E-state index contributed by atoms with van der Waals surface area (Å²) < 4.78 is 0. The third-order valence-electron chi connectivity index (χ3n) is 2.67. The summed E-state index contributed by atoms with van der Waals surface area (Å²) in [5.74, 6) is -0.597. The van der Waals surface area contributed by atoms with Gasteiger partial charge in [-0.3, -0.25) is 4.79 Å². The summed E-state index contributed by atoms with van der Waals surface area (Å²) in [6, 6.07) is 10.8. The second-order valence-electron chi connectivity index (χ2n) is 4.32. The van der Waals surface area contributed by atoms with Crippen molar-refractivity contribution in [3.63, 3.8) is 0 Å². The highest BCUT2D eigenvalue weighted by Crippen LogP contribution is 2.19. The molecule has 0 saturated heterocycles. The first kappa shape index (κ1) is 13.2. The average molecular weight is 257 g/mol. The molecule has 0 fully saturated rings. The van der Waals surface area contributed by atoms with Crippen LogP contribution in [0.25, 0.3) is 11.3 Å². The van der Waals surface area contributed by atoms with Crippen molar-refractivity contribution in [2.75, 3.05) is 0 Å². The van der Waals surface area contributed by atoms with Gasteiger partial charge in [-0.05, 0) is 13.0 Å². The summed E-state index contributed by atoms with van der Waals surface area (Å²) in [4.78, 5) is 19.3. The summed E-state index contributed by atoms with van der Waals surface area (Å²) >= 11 is 0. The lowest BCUT2D eigenvalue weighted by molar-refractivity contribution is -0.137. The lowest BCUT2D eigenvalue weighted by Gasteiger charge is -2.10. The monoisotopic (exact) mass is 257 g/mol. The van der Waals surface area contributed by atoms with Crippen LogP contribution in [0.15, 0.2) is 36.4 Å². The van der Waals surface area contributed by atoms with Crippen LogP contribution in [0.2, 0.25) is 0 Å². The fraction of sp³-hybridized carbons (Fsp3) is 0.214. The van der Waals surface area contributed by atoms with E-state index < -0.39 is 12.0 Å². The Morgan fingerprint density at radius 2 is 2.00 bits per heavy atom. The molecule has 0 aliphatic carbocycles. The smallest absolute Gasteiger partial charge is 0.305 e. The quantitative estimate of drug-likeness (QED) is 0.873. The van der Waals surface area contributed by atoms with Gasteiger partial charge in [0, 0.05) is 11.3 Å². The summed E-state index contributed by atoms with van der Waals surface area (Å²) in [6.07, 6.45) is -0.183. The molecule has 5 heteroatoms. The van der Waals surface area contributed by atoms with E-state index in [0.29, 0.717) is 5.82 Å². The molecule has 0 spiro atoms. The van der Waals surface area contributed by atoms with Gasteiger partial charge in [0.15, 0.2) is 0 Å².